The number of benzene rings is 1. The van der Waals surface area contributed by atoms with E-state index in [9.17, 15) is 0 Å². The summed E-state index contributed by atoms with van der Waals surface area (Å²) in [5.74, 6) is 1.84. The van der Waals surface area contributed by atoms with Crippen molar-refractivity contribution >= 4 is 11.2 Å². The van der Waals surface area contributed by atoms with Crippen LogP contribution in [0.4, 0.5) is 0 Å². The molecule has 1 fully saturated rings. The van der Waals surface area contributed by atoms with Crippen molar-refractivity contribution in [3.63, 3.8) is 0 Å². The third kappa shape index (κ3) is 2.62. The highest BCUT2D eigenvalue weighted by Crippen LogP contribution is 2.20. The van der Waals surface area contributed by atoms with Crippen molar-refractivity contribution in [2.24, 2.45) is 5.92 Å². The highest BCUT2D eigenvalue weighted by atomic mass is 15.1. The zero-order valence-corrected chi connectivity index (χ0v) is 12.6. The molecule has 1 unspecified atom stereocenters. The molecule has 0 spiro atoms. The van der Waals surface area contributed by atoms with Crippen LogP contribution in [0, 0.1) is 5.92 Å². The van der Waals surface area contributed by atoms with Crippen molar-refractivity contribution in [2.75, 3.05) is 13.1 Å². The lowest BCUT2D eigenvalue weighted by Crippen LogP contribution is -2.14. The van der Waals surface area contributed by atoms with Crippen molar-refractivity contribution in [2.45, 2.75) is 19.4 Å². The summed E-state index contributed by atoms with van der Waals surface area (Å²) < 4.78 is 2.28. The van der Waals surface area contributed by atoms with E-state index in [2.05, 4.69) is 51.3 Å². The minimum absolute atomic E-state index is 0.686. The number of nitrogens with one attached hydrogen (secondary N) is 1. The molecule has 0 saturated carbocycles. The fourth-order valence-corrected chi connectivity index (χ4v) is 3.24. The maximum Gasteiger partial charge on any atom is 0.160 e. The maximum absolute atomic E-state index is 4.85. The smallest absolute Gasteiger partial charge is 0.160 e. The summed E-state index contributed by atoms with van der Waals surface area (Å²) in [7, 11) is 0. The number of fused-ring (bicyclic) bond motifs is 1. The molecule has 0 bridgehead atoms. The molecule has 4 rings (SSSR count). The minimum Gasteiger partial charge on any atom is -0.316 e. The average molecular weight is 292 g/mol. The van der Waals surface area contributed by atoms with Gasteiger partial charge in [-0.3, -0.25) is 0 Å². The lowest BCUT2D eigenvalue weighted by Gasteiger charge is -2.11. The molecule has 4 heteroatoms. The summed E-state index contributed by atoms with van der Waals surface area (Å²) in [6.45, 7) is 3.06. The highest BCUT2D eigenvalue weighted by Gasteiger charge is 2.19. The summed E-state index contributed by atoms with van der Waals surface area (Å²) in [6.07, 6.45) is 4.12. The predicted molar refractivity (Wildman–Crippen MR) is 87.8 cm³/mol. The zero-order valence-electron chi connectivity index (χ0n) is 12.6. The first-order chi connectivity index (χ1) is 10.9. The predicted octanol–water partition coefficient (Wildman–Crippen LogP) is 2.63. The summed E-state index contributed by atoms with van der Waals surface area (Å²) >= 11 is 0. The molecule has 4 nitrogen and oxygen atoms in total. The molecule has 0 amide bonds. The van der Waals surface area contributed by atoms with Crippen LogP contribution in [0.25, 0.3) is 11.2 Å². The van der Waals surface area contributed by atoms with Crippen LogP contribution in [0.5, 0.6) is 0 Å². The van der Waals surface area contributed by atoms with Crippen LogP contribution >= 0.6 is 0 Å². The van der Waals surface area contributed by atoms with Crippen LogP contribution in [0.15, 0.2) is 48.7 Å². The first-order valence-electron chi connectivity index (χ1n) is 7.95. The van der Waals surface area contributed by atoms with Crippen LogP contribution in [0.2, 0.25) is 0 Å². The molecule has 1 saturated heterocycles. The normalized spacial score (nSPS) is 18.1. The van der Waals surface area contributed by atoms with E-state index in [0.29, 0.717) is 5.92 Å². The number of hydrogen-bond acceptors (Lipinski definition) is 3. The zero-order chi connectivity index (χ0) is 14.8. The molecule has 1 aliphatic rings. The number of rotatable bonds is 4. The Kier molecular flexibility index (Phi) is 3.60. The summed E-state index contributed by atoms with van der Waals surface area (Å²) in [6, 6.07) is 14.6. The Morgan fingerprint density at radius 3 is 2.86 bits per heavy atom. The van der Waals surface area contributed by atoms with Crippen LogP contribution in [-0.2, 0) is 13.0 Å². The van der Waals surface area contributed by atoms with E-state index in [0.717, 1.165) is 43.0 Å². The summed E-state index contributed by atoms with van der Waals surface area (Å²) in [5.41, 5.74) is 3.28. The highest BCUT2D eigenvalue weighted by molar-refractivity contribution is 5.71. The Morgan fingerprint density at radius 1 is 1.14 bits per heavy atom. The number of pyridine rings is 1. The molecule has 1 aromatic carbocycles. The SMILES string of the molecule is c1ccc(Cn2c(CC3CCNC3)nc3cccnc32)cc1. The first kappa shape index (κ1) is 13.5. The molecular formula is C18H20N4. The van der Waals surface area contributed by atoms with Crippen LogP contribution in [0.1, 0.15) is 17.8 Å². The van der Waals surface area contributed by atoms with Gasteiger partial charge in [-0.15, -0.1) is 0 Å². The standard InChI is InChI=1S/C18H20N4/c1-2-5-14(6-3-1)13-22-17(11-15-8-10-19-12-15)21-16-7-4-9-20-18(16)22/h1-7,9,15,19H,8,10-13H2. The van der Waals surface area contributed by atoms with Gasteiger partial charge in [0.15, 0.2) is 5.65 Å². The van der Waals surface area contributed by atoms with Crippen molar-refractivity contribution in [3.05, 3.63) is 60.0 Å². The van der Waals surface area contributed by atoms with Gasteiger partial charge in [-0.05, 0) is 43.1 Å². The molecule has 1 aliphatic heterocycles. The molecule has 0 aliphatic carbocycles. The topological polar surface area (TPSA) is 42.7 Å². The molecule has 22 heavy (non-hydrogen) atoms. The van der Waals surface area contributed by atoms with Gasteiger partial charge in [0.1, 0.15) is 11.3 Å². The van der Waals surface area contributed by atoms with Gasteiger partial charge in [-0.25, -0.2) is 9.97 Å². The van der Waals surface area contributed by atoms with Gasteiger partial charge in [-0.1, -0.05) is 30.3 Å². The Hall–Kier alpha value is -2.20. The van der Waals surface area contributed by atoms with E-state index in [1.165, 1.54) is 12.0 Å². The number of nitrogens with zero attached hydrogens (tertiary/aromatic N) is 3. The monoisotopic (exact) mass is 292 g/mol. The molecule has 3 heterocycles. The van der Waals surface area contributed by atoms with E-state index >= 15 is 0 Å². The third-order valence-electron chi connectivity index (χ3n) is 4.40. The Balaban J connectivity index is 1.72. The van der Waals surface area contributed by atoms with Gasteiger partial charge in [0.05, 0.1) is 6.54 Å². The molecule has 1 atom stereocenters. The van der Waals surface area contributed by atoms with Gasteiger partial charge in [-0.2, -0.15) is 0 Å². The second-order valence-corrected chi connectivity index (χ2v) is 6.01. The molecule has 0 radical (unpaired) electrons. The molecule has 112 valence electrons. The van der Waals surface area contributed by atoms with E-state index < -0.39 is 0 Å². The quantitative estimate of drug-likeness (QED) is 0.804. The van der Waals surface area contributed by atoms with Crippen molar-refractivity contribution < 1.29 is 0 Å². The lowest BCUT2D eigenvalue weighted by atomic mass is 10.0. The molecule has 2 aromatic heterocycles. The van der Waals surface area contributed by atoms with Gasteiger partial charge in [0, 0.05) is 12.6 Å². The average Bonchev–Trinajstić information content (AvgIpc) is 3.18. The fourth-order valence-electron chi connectivity index (χ4n) is 3.24. The minimum atomic E-state index is 0.686. The van der Waals surface area contributed by atoms with E-state index in [1.807, 2.05) is 12.3 Å². The Labute approximate surface area is 130 Å². The Bertz CT molecular complexity index is 757. The van der Waals surface area contributed by atoms with Crippen molar-refractivity contribution in [1.82, 2.24) is 19.9 Å². The van der Waals surface area contributed by atoms with Crippen LogP contribution in [-0.4, -0.2) is 27.6 Å². The second kappa shape index (κ2) is 5.89. The number of imidazole rings is 1. The van der Waals surface area contributed by atoms with Gasteiger partial charge >= 0.3 is 0 Å². The van der Waals surface area contributed by atoms with E-state index in [-0.39, 0.29) is 0 Å². The lowest BCUT2D eigenvalue weighted by molar-refractivity contribution is 0.545. The van der Waals surface area contributed by atoms with E-state index in [1.54, 1.807) is 0 Å². The number of aromatic nitrogens is 3. The molecule has 3 aromatic rings. The Morgan fingerprint density at radius 2 is 2.05 bits per heavy atom. The number of hydrogen-bond donors (Lipinski definition) is 1. The third-order valence-corrected chi connectivity index (χ3v) is 4.40. The van der Waals surface area contributed by atoms with Crippen molar-refractivity contribution in [1.29, 1.82) is 0 Å². The largest absolute Gasteiger partial charge is 0.316 e. The second-order valence-electron chi connectivity index (χ2n) is 6.01. The van der Waals surface area contributed by atoms with Gasteiger partial charge in [0.25, 0.3) is 0 Å². The first-order valence-corrected chi connectivity index (χ1v) is 7.95. The molecule has 1 N–H and O–H groups in total. The summed E-state index contributed by atoms with van der Waals surface area (Å²) in [5, 5.41) is 3.44. The van der Waals surface area contributed by atoms with Crippen LogP contribution in [0.3, 0.4) is 0 Å². The summed E-state index contributed by atoms with van der Waals surface area (Å²) in [4.78, 5) is 9.40. The van der Waals surface area contributed by atoms with Gasteiger partial charge < -0.3 is 9.88 Å². The van der Waals surface area contributed by atoms with Gasteiger partial charge in [0.2, 0.25) is 0 Å². The molecular weight excluding hydrogens is 272 g/mol. The van der Waals surface area contributed by atoms with Crippen molar-refractivity contribution in [3.8, 4) is 0 Å². The maximum atomic E-state index is 4.85. The van der Waals surface area contributed by atoms with Crippen LogP contribution < -0.4 is 5.32 Å². The fraction of sp³-hybridized carbons (Fsp3) is 0.333. The van der Waals surface area contributed by atoms with E-state index in [4.69, 9.17) is 4.98 Å².